The van der Waals surface area contributed by atoms with Crippen molar-refractivity contribution in [1.82, 2.24) is 0 Å². The number of non-ortho nitro benzene ring substituents is 1. The van der Waals surface area contributed by atoms with Gasteiger partial charge in [-0.05, 0) is 47.3 Å². The van der Waals surface area contributed by atoms with E-state index in [4.69, 9.17) is 4.74 Å². The topological polar surface area (TPSA) is 52.4 Å². The number of fused-ring (bicyclic) bond motifs is 2. The Morgan fingerprint density at radius 3 is 2.50 bits per heavy atom. The van der Waals surface area contributed by atoms with Crippen molar-refractivity contribution in [2.24, 2.45) is 35.5 Å². The maximum atomic E-state index is 10.6. The zero-order valence-electron chi connectivity index (χ0n) is 10.9. The number of ether oxygens (including phenoxy) is 1. The molecule has 0 N–H and O–H groups in total. The normalized spacial score (nSPS) is 45.1. The summed E-state index contributed by atoms with van der Waals surface area (Å²) in [5, 5.41) is 10.6. The second-order valence-corrected chi connectivity index (χ2v) is 6.55. The van der Waals surface area contributed by atoms with Crippen molar-refractivity contribution >= 4 is 5.69 Å². The highest BCUT2D eigenvalue weighted by molar-refractivity contribution is 5.36. The van der Waals surface area contributed by atoms with E-state index < -0.39 is 0 Å². The van der Waals surface area contributed by atoms with Crippen LogP contribution in [0.2, 0.25) is 0 Å². The van der Waals surface area contributed by atoms with Gasteiger partial charge in [0.15, 0.2) is 0 Å². The predicted octanol–water partition coefficient (Wildman–Crippen LogP) is 2.79. The van der Waals surface area contributed by atoms with Crippen LogP contribution in [0.5, 0.6) is 0 Å². The van der Waals surface area contributed by atoms with Gasteiger partial charge in [0.25, 0.3) is 5.69 Å². The third kappa shape index (κ3) is 1.21. The molecule has 4 aliphatic carbocycles. The standard InChI is InChI=1S/C16H15NO3/c18-17(19)9-3-1-8(2-4-9)7-20-16-11-6-5-10-12(11)14-13(10)15(14)16/h1-6,10-16H,7H2/t10-,11+,12-,13-,14+,15+,16-/m1/s1. The number of nitro groups is 1. The molecule has 4 nitrogen and oxygen atoms in total. The molecule has 0 bridgehead atoms. The Bertz CT molecular complexity index is 623. The number of nitro benzene ring substituents is 1. The summed E-state index contributed by atoms with van der Waals surface area (Å²) in [5.41, 5.74) is 1.16. The maximum absolute atomic E-state index is 10.6. The quantitative estimate of drug-likeness (QED) is 0.480. The minimum absolute atomic E-state index is 0.139. The van der Waals surface area contributed by atoms with E-state index in [1.54, 1.807) is 24.3 Å². The Balaban J connectivity index is 1.28. The van der Waals surface area contributed by atoms with E-state index in [9.17, 15) is 10.1 Å². The lowest BCUT2D eigenvalue weighted by atomic mass is 9.70. The summed E-state index contributed by atoms with van der Waals surface area (Å²) in [6.07, 6.45) is 5.17. The van der Waals surface area contributed by atoms with Crippen LogP contribution in [0.4, 0.5) is 5.69 Å². The number of rotatable bonds is 4. The molecular formula is C16H15NO3. The van der Waals surface area contributed by atoms with Crippen molar-refractivity contribution in [3.05, 3.63) is 52.1 Å². The first-order valence-corrected chi connectivity index (χ1v) is 7.29. The first kappa shape index (κ1) is 11.0. The van der Waals surface area contributed by atoms with Gasteiger partial charge in [-0.2, -0.15) is 0 Å². The second kappa shape index (κ2) is 3.50. The molecule has 0 saturated heterocycles. The van der Waals surface area contributed by atoms with Gasteiger partial charge in [-0.25, -0.2) is 0 Å². The van der Waals surface area contributed by atoms with Gasteiger partial charge in [-0.15, -0.1) is 0 Å². The molecule has 0 aromatic heterocycles. The molecule has 4 heteroatoms. The SMILES string of the molecule is O=[N+]([O-])c1ccc(CO[C@@H]2[C@H]3C=C[C@@H]4[C@H]3[C@H]3[C@@H]4[C@H]23)cc1. The van der Waals surface area contributed by atoms with Crippen LogP contribution in [0, 0.1) is 45.6 Å². The van der Waals surface area contributed by atoms with Crippen molar-refractivity contribution in [3.8, 4) is 0 Å². The fraction of sp³-hybridized carbons (Fsp3) is 0.500. The van der Waals surface area contributed by atoms with Crippen molar-refractivity contribution < 1.29 is 9.66 Å². The van der Waals surface area contributed by atoms with Crippen molar-refractivity contribution in [2.45, 2.75) is 12.7 Å². The number of benzene rings is 1. The third-order valence-corrected chi connectivity index (χ3v) is 5.87. The zero-order valence-corrected chi connectivity index (χ0v) is 10.9. The van der Waals surface area contributed by atoms with Gasteiger partial charge in [0.1, 0.15) is 0 Å². The van der Waals surface area contributed by atoms with Gasteiger partial charge in [0, 0.05) is 18.1 Å². The third-order valence-electron chi connectivity index (χ3n) is 5.87. The number of nitrogens with zero attached hydrogens (tertiary/aromatic N) is 1. The molecule has 0 aliphatic heterocycles. The molecule has 0 radical (unpaired) electrons. The van der Waals surface area contributed by atoms with Gasteiger partial charge in [-0.3, -0.25) is 10.1 Å². The molecule has 20 heavy (non-hydrogen) atoms. The summed E-state index contributed by atoms with van der Waals surface area (Å²) in [7, 11) is 0. The summed E-state index contributed by atoms with van der Waals surface area (Å²) >= 11 is 0. The summed E-state index contributed by atoms with van der Waals surface area (Å²) in [4.78, 5) is 10.3. The van der Waals surface area contributed by atoms with E-state index in [2.05, 4.69) is 12.2 Å². The van der Waals surface area contributed by atoms with Crippen LogP contribution in [0.25, 0.3) is 0 Å². The lowest BCUT2D eigenvalue weighted by Crippen LogP contribution is -2.36. The molecule has 3 saturated carbocycles. The number of hydrogen-bond donors (Lipinski definition) is 0. The van der Waals surface area contributed by atoms with Crippen LogP contribution in [-0.2, 0) is 11.3 Å². The predicted molar refractivity (Wildman–Crippen MR) is 71.8 cm³/mol. The molecule has 1 aromatic rings. The van der Waals surface area contributed by atoms with E-state index in [1.807, 2.05) is 0 Å². The molecule has 0 unspecified atom stereocenters. The molecule has 7 atom stereocenters. The molecule has 5 rings (SSSR count). The Labute approximate surface area is 116 Å². The molecule has 4 aliphatic rings. The Kier molecular flexibility index (Phi) is 1.93. The second-order valence-electron chi connectivity index (χ2n) is 6.55. The molecule has 1 aromatic carbocycles. The van der Waals surface area contributed by atoms with Gasteiger partial charge < -0.3 is 4.74 Å². The van der Waals surface area contributed by atoms with E-state index >= 15 is 0 Å². The fourth-order valence-electron chi connectivity index (χ4n) is 5.09. The fourth-order valence-corrected chi connectivity index (χ4v) is 5.09. The van der Waals surface area contributed by atoms with E-state index in [0.29, 0.717) is 18.6 Å². The van der Waals surface area contributed by atoms with Gasteiger partial charge in [0.2, 0.25) is 0 Å². The first-order valence-electron chi connectivity index (χ1n) is 7.29. The molecule has 102 valence electrons. The van der Waals surface area contributed by atoms with Crippen molar-refractivity contribution in [3.63, 3.8) is 0 Å². The Hall–Kier alpha value is -1.68. The minimum Gasteiger partial charge on any atom is -0.373 e. The zero-order chi connectivity index (χ0) is 13.4. The lowest BCUT2D eigenvalue weighted by Gasteiger charge is -2.36. The highest BCUT2D eigenvalue weighted by Gasteiger charge is 2.79. The monoisotopic (exact) mass is 269 g/mol. The van der Waals surface area contributed by atoms with E-state index in [-0.39, 0.29) is 10.6 Å². The highest BCUT2D eigenvalue weighted by atomic mass is 16.6. The number of hydrogen-bond acceptors (Lipinski definition) is 3. The molecular weight excluding hydrogens is 254 g/mol. The van der Waals surface area contributed by atoms with Gasteiger partial charge in [0.05, 0.1) is 17.6 Å². The Morgan fingerprint density at radius 2 is 1.75 bits per heavy atom. The largest absolute Gasteiger partial charge is 0.373 e. The lowest BCUT2D eigenvalue weighted by molar-refractivity contribution is -0.384. The number of allylic oxidation sites excluding steroid dienone is 1. The average Bonchev–Trinajstić information content (AvgIpc) is 2.86. The molecule has 0 spiro atoms. The minimum atomic E-state index is -0.368. The molecule has 3 fully saturated rings. The Morgan fingerprint density at radius 1 is 1.00 bits per heavy atom. The van der Waals surface area contributed by atoms with Crippen LogP contribution < -0.4 is 0 Å². The molecule has 0 heterocycles. The summed E-state index contributed by atoms with van der Waals surface area (Å²) in [6.45, 7) is 0.570. The highest BCUT2D eigenvalue weighted by Crippen LogP contribution is 2.80. The van der Waals surface area contributed by atoms with E-state index in [0.717, 1.165) is 35.2 Å². The van der Waals surface area contributed by atoms with Crippen LogP contribution in [0.15, 0.2) is 36.4 Å². The van der Waals surface area contributed by atoms with Crippen LogP contribution in [0.1, 0.15) is 5.56 Å². The van der Waals surface area contributed by atoms with Crippen LogP contribution in [0.3, 0.4) is 0 Å². The van der Waals surface area contributed by atoms with Crippen LogP contribution >= 0.6 is 0 Å². The van der Waals surface area contributed by atoms with Gasteiger partial charge in [-0.1, -0.05) is 12.2 Å². The average molecular weight is 269 g/mol. The van der Waals surface area contributed by atoms with Crippen molar-refractivity contribution in [2.75, 3.05) is 0 Å². The van der Waals surface area contributed by atoms with E-state index in [1.165, 1.54) is 0 Å². The van der Waals surface area contributed by atoms with Gasteiger partial charge >= 0.3 is 0 Å². The van der Waals surface area contributed by atoms with Crippen LogP contribution in [-0.4, -0.2) is 11.0 Å². The summed E-state index contributed by atoms with van der Waals surface area (Å²) in [6, 6.07) is 6.70. The molecule has 0 amide bonds. The maximum Gasteiger partial charge on any atom is 0.269 e. The first-order chi connectivity index (χ1) is 9.75. The van der Waals surface area contributed by atoms with Crippen molar-refractivity contribution in [1.29, 1.82) is 0 Å². The summed E-state index contributed by atoms with van der Waals surface area (Å²) < 4.78 is 6.15. The summed E-state index contributed by atoms with van der Waals surface area (Å²) in [5.74, 6) is 5.04. The smallest absolute Gasteiger partial charge is 0.269 e.